The molecule has 0 atom stereocenters. The van der Waals surface area contributed by atoms with Gasteiger partial charge in [-0.05, 0) is 59.1 Å². The third-order valence-electron chi connectivity index (χ3n) is 3.13. The van der Waals surface area contributed by atoms with Crippen molar-refractivity contribution in [1.29, 1.82) is 0 Å². The summed E-state index contributed by atoms with van der Waals surface area (Å²) in [6, 6.07) is 9.58. The summed E-state index contributed by atoms with van der Waals surface area (Å²) in [5.74, 6) is -0.0916. The molecule has 98 valence electrons. The molecule has 0 aliphatic heterocycles. The molecule has 1 aliphatic carbocycles. The number of benzene rings is 1. The standard InChI is InChI=1S/C14H12BrClN2O/c15-11-8-9(3-6-12(11)16)17-14(19)13-2-1-7-18(13)10-4-5-10/h1-3,6-8,10H,4-5H2,(H,17,19). The molecule has 1 N–H and O–H groups in total. The first-order valence-corrected chi connectivity index (χ1v) is 7.25. The van der Waals surface area contributed by atoms with Crippen molar-refractivity contribution >= 4 is 39.1 Å². The Balaban J connectivity index is 1.80. The normalized spacial score (nSPS) is 14.4. The van der Waals surface area contributed by atoms with Crippen LogP contribution >= 0.6 is 27.5 Å². The van der Waals surface area contributed by atoms with Gasteiger partial charge in [0.15, 0.2) is 0 Å². The first-order valence-electron chi connectivity index (χ1n) is 6.08. The van der Waals surface area contributed by atoms with Gasteiger partial charge in [-0.1, -0.05) is 11.6 Å². The van der Waals surface area contributed by atoms with Crippen molar-refractivity contribution in [3.63, 3.8) is 0 Å². The lowest BCUT2D eigenvalue weighted by atomic mass is 10.3. The van der Waals surface area contributed by atoms with Gasteiger partial charge in [0, 0.05) is 22.4 Å². The zero-order chi connectivity index (χ0) is 13.4. The maximum Gasteiger partial charge on any atom is 0.272 e. The smallest absolute Gasteiger partial charge is 0.272 e. The number of hydrogen-bond acceptors (Lipinski definition) is 1. The van der Waals surface area contributed by atoms with Crippen LogP contribution in [-0.4, -0.2) is 10.5 Å². The van der Waals surface area contributed by atoms with E-state index < -0.39 is 0 Å². The van der Waals surface area contributed by atoms with Crippen LogP contribution in [0.3, 0.4) is 0 Å². The third kappa shape index (κ3) is 2.69. The van der Waals surface area contributed by atoms with Crippen LogP contribution in [0.15, 0.2) is 41.0 Å². The summed E-state index contributed by atoms with van der Waals surface area (Å²) in [7, 11) is 0. The summed E-state index contributed by atoms with van der Waals surface area (Å²) in [4.78, 5) is 12.2. The van der Waals surface area contributed by atoms with Crippen molar-refractivity contribution in [1.82, 2.24) is 4.57 Å². The van der Waals surface area contributed by atoms with E-state index in [-0.39, 0.29) is 5.91 Å². The molecule has 5 heteroatoms. The molecule has 0 saturated heterocycles. The summed E-state index contributed by atoms with van der Waals surface area (Å²) < 4.78 is 2.81. The molecule has 0 bridgehead atoms. The number of nitrogens with zero attached hydrogens (tertiary/aromatic N) is 1. The van der Waals surface area contributed by atoms with Gasteiger partial charge in [0.25, 0.3) is 5.91 Å². The summed E-state index contributed by atoms with van der Waals surface area (Å²) in [6.45, 7) is 0. The number of amides is 1. The molecule has 3 rings (SSSR count). The Bertz CT molecular complexity index is 634. The Hall–Kier alpha value is -1.26. The van der Waals surface area contributed by atoms with E-state index in [1.807, 2.05) is 22.9 Å². The number of hydrogen-bond donors (Lipinski definition) is 1. The van der Waals surface area contributed by atoms with Crippen molar-refractivity contribution < 1.29 is 4.79 Å². The predicted octanol–water partition coefficient (Wildman–Crippen LogP) is 4.49. The first-order chi connectivity index (χ1) is 9.15. The number of rotatable bonds is 3. The Morgan fingerprint density at radius 2 is 2.16 bits per heavy atom. The van der Waals surface area contributed by atoms with E-state index in [0.717, 1.165) is 23.0 Å². The van der Waals surface area contributed by atoms with E-state index in [2.05, 4.69) is 21.2 Å². The zero-order valence-corrected chi connectivity index (χ0v) is 12.4. The average molecular weight is 340 g/mol. The second-order valence-corrected chi connectivity index (χ2v) is 5.88. The number of carbonyl (C=O) groups is 1. The molecule has 1 fully saturated rings. The molecule has 3 nitrogen and oxygen atoms in total. The van der Waals surface area contributed by atoms with Crippen LogP contribution in [0.5, 0.6) is 0 Å². The highest BCUT2D eigenvalue weighted by molar-refractivity contribution is 9.10. The number of nitrogens with one attached hydrogen (secondary N) is 1. The SMILES string of the molecule is O=C(Nc1ccc(Cl)c(Br)c1)c1cccn1C1CC1. The lowest BCUT2D eigenvalue weighted by molar-refractivity contribution is 0.101. The molecule has 0 radical (unpaired) electrons. The van der Waals surface area contributed by atoms with Gasteiger partial charge in [-0.2, -0.15) is 0 Å². The molecule has 1 aromatic heterocycles. The highest BCUT2D eigenvalue weighted by Gasteiger charge is 2.26. The molecule has 1 amide bonds. The lowest BCUT2D eigenvalue weighted by Gasteiger charge is -2.09. The maximum atomic E-state index is 12.2. The number of carbonyl (C=O) groups excluding carboxylic acids is 1. The lowest BCUT2D eigenvalue weighted by Crippen LogP contribution is -2.16. The first kappa shape index (κ1) is 12.8. The minimum absolute atomic E-state index is 0.0916. The van der Waals surface area contributed by atoms with Crippen LogP contribution in [0, 0.1) is 0 Å². The van der Waals surface area contributed by atoms with E-state index in [9.17, 15) is 4.79 Å². The Morgan fingerprint density at radius 1 is 1.37 bits per heavy atom. The molecule has 1 aliphatic rings. The van der Waals surface area contributed by atoms with Gasteiger partial charge in [0.1, 0.15) is 5.69 Å². The Kier molecular flexibility index (Phi) is 3.37. The van der Waals surface area contributed by atoms with Gasteiger partial charge in [0.05, 0.1) is 5.02 Å². The number of halogens is 2. The average Bonchev–Trinajstić information content (AvgIpc) is 3.11. The summed E-state index contributed by atoms with van der Waals surface area (Å²) >= 11 is 9.27. The molecule has 0 spiro atoms. The largest absolute Gasteiger partial charge is 0.340 e. The van der Waals surface area contributed by atoms with Crippen LogP contribution in [0.2, 0.25) is 5.02 Å². The van der Waals surface area contributed by atoms with Gasteiger partial charge in [-0.15, -0.1) is 0 Å². The summed E-state index contributed by atoms with van der Waals surface area (Å²) in [5, 5.41) is 3.51. The fourth-order valence-corrected chi connectivity index (χ4v) is 2.52. The van der Waals surface area contributed by atoms with Crippen molar-refractivity contribution in [2.24, 2.45) is 0 Å². The molecular weight excluding hydrogens is 328 g/mol. The number of anilines is 1. The van der Waals surface area contributed by atoms with Crippen LogP contribution in [-0.2, 0) is 0 Å². The van der Waals surface area contributed by atoms with Gasteiger partial charge in [-0.3, -0.25) is 4.79 Å². The molecule has 1 aromatic carbocycles. The van der Waals surface area contributed by atoms with E-state index >= 15 is 0 Å². The number of aromatic nitrogens is 1. The van der Waals surface area contributed by atoms with E-state index in [1.54, 1.807) is 18.2 Å². The minimum Gasteiger partial charge on any atom is -0.340 e. The highest BCUT2D eigenvalue weighted by Crippen LogP contribution is 2.36. The van der Waals surface area contributed by atoms with Crippen LogP contribution in [0.1, 0.15) is 29.4 Å². The van der Waals surface area contributed by atoms with Crippen molar-refractivity contribution in [3.05, 3.63) is 51.7 Å². The van der Waals surface area contributed by atoms with Crippen LogP contribution < -0.4 is 5.32 Å². The van der Waals surface area contributed by atoms with E-state index in [1.165, 1.54) is 0 Å². The second kappa shape index (κ2) is 5.02. The van der Waals surface area contributed by atoms with Crippen molar-refractivity contribution in [2.75, 3.05) is 5.32 Å². The molecule has 0 unspecified atom stereocenters. The minimum atomic E-state index is -0.0916. The van der Waals surface area contributed by atoms with Gasteiger partial charge >= 0.3 is 0 Å². The topological polar surface area (TPSA) is 34.0 Å². The maximum absolute atomic E-state index is 12.2. The van der Waals surface area contributed by atoms with Gasteiger partial charge < -0.3 is 9.88 Å². The van der Waals surface area contributed by atoms with Crippen LogP contribution in [0.4, 0.5) is 5.69 Å². The zero-order valence-electron chi connectivity index (χ0n) is 10.1. The van der Waals surface area contributed by atoms with Crippen molar-refractivity contribution in [2.45, 2.75) is 18.9 Å². The second-order valence-electron chi connectivity index (χ2n) is 4.61. The highest BCUT2D eigenvalue weighted by atomic mass is 79.9. The van der Waals surface area contributed by atoms with Crippen molar-refractivity contribution in [3.8, 4) is 0 Å². The molecule has 2 aromatic rings. The quantitative estimate of drug-likeness (QED) is 0.878. The monoisotopic (exact) mass is 338 g/mol. The Morgan fingerprint density at radius 3 is 2.84 bits per heavy atom. The van der Waals surface area contributed by atoms with E-state index in [0.29, 0.717) is 16.8 Å². The molecule has 1 saturated carbocycles. The van der Waals surface area contributed by atoms with Crippen LogP contribution in [0.25, 0.3) is 0 Å². The van der Waals surface area contributed by atoms with E-state index in [4.69, 9.17) is 11.6 Å². The van der Waals surface area contributed by atoms with Gasteiger partial charge in [-0.25, -0.2) is 0 Å². The fraction of sp³-hybridized carbons (Fsp3) is 0.214. The summed E-state index contributed by atoms with van der Waals surface area (Å²) in [6.07, 6.45) is 4.27. The molecule has 19 heavy (non-hydrogen) atoms. The molecule has 1 heterocycles. The fourth-order valence-electron chi connectivity index (χ4n) is 2.03. The van der Waals surface area contributed by atoms with Gasteiger partial charge in [0.2, 0.25) is 0 Å². The summed E-state index contributed by atoms with van der Waals surface area (Å²) in [5.41, 5.74) is 1.43. The Labute approximate surface area is 124 Å². The molecular formula is C14H12BrClN2O. The predicted molar refractivity (Wildman–Crippen MR) is 79.8 cm³/mol. The third-order valence-corrected chi connectivity index (χ3v) is 4.34.